The molecule has 0 saturated carbocycles. The Bertz CT molecular complexity index is 866. The van der Waals surface area contributed by atoms with E-state index < -0.39 is 0 Å². The fraction of sp³-hybridized carbons (Fsp3) is 0.400. The Morgan fingerprint density at radius 1 is 1.00 bits per heavy atom. The summed E-state index contributed by atoms with van der Waals surface area (Å²) in [5.74, 6) is 1.58. The van der Waals surface area contributed by atoms with Crippen LogP contribution in [0.5, 0.6) is 0 Å². The van der Waals surface area contributed by atoms with Gasteiger partial charge in [0.2, 0.25) is 0 Å². The Balaban J connectivity index is 1.53. The first-order valence-corrected chi connectivity index (χ1v) is 9.58. The van der Waals surface area contributed by atoms with Gasteiger partial charge in [0.05, 0.1) is 37.3 Å². The number of aryl methyl sites for hydroxylation is 1. The van der Waals surface area contributed by atoms with Gasteiger partial charge >= 0.3 is 0 Å². The molecule has 6 rings (SSSR count). The predicted molar refractivity (Wildman–Crippen MR) is 106 cm³/mol. The molecule has 0 N–H and O–H groups in total. The molecule has 0 radical (unpaired) electrons. The maximum atomic E-state index is 6.12. The van der Waals surface area contributed by atoms with Crippen molar-refractivity contribution in [3.05, 3.63) is 58.5 Å². The molecule has 140 valence electrons. The lowest BCUT2D eigenvalue weighted by Crippen LogP contribution is -2.74. The van der Waals surface area contributed by atoms with Crippen LogP contribution in [0.25, 0.3) is 0 Å². The molecule has 7 heteroatoms. The minimum Gasteiger partial charge on any atom is -0.460 e. The summed E-state index contributed by atoms with van der Waals surface area (Å²) in [5.41, 5.74) is 2.06. The number of hydrogen-bond acceptors (Lipinski definition) is 6. The van der Waals surface area contributed by atoms with Crippen molar-refractivity contribution in [1.82, 2.24) is 14.7 Å². The number of furan rings is 1. The first kappa shape index (κ1) is 17.1. The second-order valence-corrected chi connectivity index (χ2v) is 8.28. The van der Waals surface area contributed by atoms with Crippen molar-refractivity contribution in [3.63, 3.8) is 0 Å². The quantitative estimate of drug-likeness (QED) is 0.601. The number of hydrogen-bond donors (Lipinski definition) is 0. The summed E-state index contributed by atoms with van der Waals surface area (Å²) in [7, 11) is 0. The Labute approximate surface area is 163 Å². The van der Waals surface area contributed by atoms with Crippen molar-refractivity contribution in [2.24, 2.45) is 15.6 Å². The van der Waals surface area contributed by atoms with Crippen LogP contribution in [0, 0.1) is 12.3 Å². The topological polar surface area (TPSA) is 47.6 Å². The van der Waals surface area contributed by atoms with Crippen LogP contribution >= 0.6 is 11.6 Å². The third-order valence-electron chi connectivity index (χ3n) is 5.50. The number of benzene rings is 1. The molecule has 0 unspecified atom stereocenters. The first-order chi connectivity index (χ1) is 13.1. The zero-order valence-electron chi connectivity index (χ0n) is 15.3. The van der Waals surface area contributed by atoms with Gasteiger partial charge in [-0.3, -0.25) is 14.7 Å². The molecule has 1 aromatic heterocycles. The monoisotopic (exact) mass is 383 g/mol. The van der Waals surface area contributed by atoms with E-state index in [2.05, 4.69) is 19.8 Å². The molecule has 4 bridgehead atoms. The van der Waals surface area contributed by atoms with Crippen LogP contribution in [0.4, 0.5) is 0 Å². The third-order valence-corrected chi connectivity index (χ3v) is 5.75. The van der Waals surface area contributed by atoms with Gasteiger partial charge in [-0.15, -0.1) is 0 Å². The molecule has 4 aliphatic rings. The lowest BCUT2D eigenvalue weighted by molar-refractivity contribution is -0.149. The third kappa shape index (κ3) is 3.23. The normalized spacial score (nSPS) is 32.5. The average molecular weight is 384 g/mol. The van der Waals surface area contributed by atoms with Crippen molar-refractivity contribution in [2.75, 3.05) is 39.6 Å². The highest BCUT2D eigenvalue weighted by atomic mass is 35.5. The molecular formula is C20H22ClN5O. The van der Waals surface area contributed by atoms with Crippen molar-refractivity contribution >= 4 is 23.5 Å². The van der Waals surface area contributed by atoms with E-state index >= 15 is 0 Å². The highest BCUT2D eigenvalue weighted by Gasteiger charge is 2.51. The van der Waals surface area contributed by atoms with Gasteiger partial charge in [-0.25, -0.2) is 0 Å². The van der Waals surface area contributed by atoms with Gasteiger partial charge in [0.1, 0.15) is 11.5 Å². The van der Waals surface area contributed by atoms with Gasteiger partial charge < -0.3 is 4.42 Å². The van der Waals surface area contributed by atoms with E-state index in [9.17, 15) is 0 Å². The lowest BCUT2D eigenvalue weighted by Gasteiger charge is -2.60. The van der Waals surface area contributed by atoms with Gasteiger partial charge in [0.25, 0.3) is 0 Å². The van der Waals surface area contributed by atoms with Crippen molar-refractivity contribution in [3.8, 4) is 0 Å². The summed E-state index contributed by atoms with van der Waals surface area (Å²) < 4.78 is 5.58. The maximum Gasteiger partial charge on any atom is 0.147 e. The molecule has 0 amide bonds. The molecule has 27 heavy (non-hydrogen) atoms. The van der Waals surface area contributed by atoms with Crippen molar-refractivity contribution in [2.45, 2.75) is 6.92 Å². The van der Waals surface area contributed by atoms with Gasteiger partial charge in [-0.2, -0.15) is 10.2 Å². The largest absolute Gasteiger partial charge is 0.460 e. The molecule has 4 saturated heterocycles. The van der Waals surface area contributed by atoms with E-state index in [1.54, 1.807) is 6.21 Å². The van der Waals surface area contributed by atoms with Crippen LogP contribution in [0.1, 0.15) is 17.1 Å². The second kappa shape index (κ2) is 6.56. The molecule has 0 spiro atoms. The van der Waals surface area contributed by atoms with E-state index in [-0.39, 0.29) is 5.41 Å². The summed E-state index contributed by atoms with van der Waals surface area (Å²) in [6.45, 7) is 8.08. The van der Waals surface area contributed by atoms with Gasteiger partial charge in [0.15, 0.2) is 0 Å². The fourth-order valence-electron chi connectivity index (χ4n) is 4.69. The summed E-state index contributed by atoms with van der Waals surface area (Å²) in [6, 6.07) is 11.8. The molecular weight excluding hydrogens is 362 g/mol. The van der Waals surface area contributed by atoms with Crippen LogP contribution in [0.3, 0.4) is 0 Å². The highest BCUT2D eigenvalue weighted by Crippen LogP contribution is 2.38. The molecule has 4 aliphatic heterocycles. The van der Waals surface area contributed by atoms with Crippen LogP contribution in [-0.4, -0.2) is 66.3 Å². The minimum atomic E-state index is -0.0427. The van der Waals surface area contributed by atoms with Gasteiger partial charge in [0, 0.05) is 24.7 Å². The number of nitrogens with zero attached hydrogens (tertiary/aromatic N) is 5. The molecule has 6 nitrogen and oxygen atoms in total. The highest BCUT2D eigenvalue weighted by molar-refractivity contribution is 6.30. The van der Waals surface area contributed by atoms with Crippen molar-refractivity contribution < 1.29 is 4.42 Å². The van der Waals surface area contributed by atoms with Crippen LogP contribution in [0.15, 0.2) is 51.0 Å². The van der Waals surface area contributed by atoms with Crippen LogP contribution < -0.4 is 0 Å². The molecule has 5 heterocycles. The summed E-state index contributed by atoms with van der Waals surface area (Å²) in [4.78, 5) is 7.46. The lowest BCUT2D eigenvalue weighted by atomic mass is 9.74. The van der Waals surface area contributed by atoms with E-state index in [1.165, 1.54) is 0 Å². The Morgan fingerprint density at radius 2 is 1.63 bits per heavy atom. The number of rotatable bonds is 4. The van der Waals surface area contributed by atoms with E-state index in [0.717, 1.165) is 61.7 Å². The second-order valence-electron chi connectivity index (χ2n) is 7.84. The van der Waals surface area contributed by atoms with Gasteiger partial charge in [-0.05, 0) is 36.8 Å². The maximum absolute atomic E-state index is 6.12. The first-order valence-electron chi connectivity index (χ1n) is 9.21. The molecule has 0 atom stereocenters. The van der Waals surface area contributed by atoms with E-state index in [4.69, 9.17) is 21.1 Å². The zero-order valence-corrected chi connectivity index (χ0v) is 16.1. The summed E-state index contributed by atoms with van der Waals surface area (Å²) in [5, 5.41) is 9.84. The van der Waals surface area contributed by atoms with Crippen LogP contribution in [0.2, 0.25) is 5.02 Å². The Morgan fingerprint density at radius 3 is 2.19 bits per heavy atom. The van der Waals surface area contributed by atoms with Crippen LogP contribution in [-0.2, 0) is 0 Å². The summed E-state index contributed by atoms with van der Waals surface area (Å²) in [6.07, 6.45) is 1.68. The average Bonchev–Trinajstić information content (AvgIpc) is 3.04. The Hall–Kier alpha value is -1.99. The minimum absolute atomic E-state index is 0.0427. The zero-order chi connectivity index (χ0) is 18.4. The van der Waals surface area contributed by atoms with Gasteiger partial charge in [-0.1, -0.05) is 23.7 Å². The Kier molecular flexibility index (Phi) is 4.16. The SMILES string of the molecule is Cc1ccc(/C=N/N=C(/c2ccc(Cl)cc2)C23CN4CN(CN(C4)C2)C3)o1. The molecule has 0 aliphatic carbocycles. The molecule has 2 aromatic rings. The number of halogens is 1. The van der Waals surface area contributed by atoms with E-state index in [0.29, 0.717) is 5.76 Å². The fourth-order valence-corrected chi connectivity index (χ4v) is 4.81. The standard InChI is InChI=1S/C20H22ClN5O/c1-15-2-7-18(27-15)8-22-23-19(16-3-5-17(21)6-4-16)20-9-24-12-25(10-20)14-26(11-20)13-24/h2-8H,9-14H2,1H3/b22-8+,23-19-. The summed E-state index contributed by atoms with van der Waals surface area (Å²) >= 11 is 6.12. The smallest absolute Gasteiger partial charge is 0.147 e. The predicted octanol–water partition coefficient (Wildman–Crippen LogP) is 2.87. The van der Waals surface area contributed by atoms with E-state index in [1.807, 2.05) is 43.3 Å². The molecule has 1 aromatic carbocycles. The molecule has 4 fully saturated rings. The van der Waals surface area contributed by atoms with Crippen molar-refractivity contribution in [1.29, 1.82) is 0 Å².